The molecule has 170 valence electrons. The van der Waals surface area contributed by atoms with Crippen molar-refractivity contribution >= 4 is 27.5 Å². The highest BCUT2D eigenvalue weighted by molar-refractivity contribution is 7.89. The Balaban J connectivity index is 1.44. The fourth-order valence-corrected chi connectivity index (χ4v) is 5.33. The zero-order valence-corrected chi connectivity index (χ0v) is 18.6. The summed E-state index contributed by atoms with van der Waals surface area (Å²) in [5, 5.41) is 5.67. The number of hydrogen-bond donors (Lipinski definition) is 2. The second-order valence-electron chi connectivity index (χ2n) is 8.34. The topological polar surface area (TPSA) is 95.6 Å². The van der Waals surface area contributed by atoms with Crippen molar-refractivity contribution < 1.29 is 22.4 Å². The van der Waals surface area contributed by atoms with E-state index in [-0.39, 0.29) is 23.4 Å². The summed E-state index contributed by atoms with van der Waals surface area (Å²) in [7, 11) is -3.98. The maximum atomic E-state index is 14.3. The summed E-state index contributed by atoms with van der Waals surface area (Å²) >= 11 is 0. The molecule has 0 aromatic heterocycles. The predicted octanol–water partition coefficient (Wildman–Crippen LogP) is 3.45. The molecule has 1 atom stereocenters. The van der Waals surface area contributed by atoms with Crippen LogP contribution in [-0.4, -0.2) is 37.6 Å². The molecular weight excluding hydrogens is 433 g/mol. The molecule has 32 heavy (non-hydrogen) atoms. The van der Waals surface area contributed by atoms with Crippen LogP contribution in [0.3, 0.4) is 0 Å². The van der Waals surface area contributed by atoms with Crippen LogP contribution in [0, 0.1) is 11.7 Å². The standard InChI is InChI=1S/C23H26FN3O4S/c1-15(16-6-9-19(10-7-16)26-22(28)17-4-5-17)25-23(29)18-8-11-20(24)21(14-18)32(30,31)27-12-2-3-13-27/h6-11,14-15,17H,2-5,12-13H2,1H3,(H,25,29)(H,26,28). The zero-order valence-electron chi connectivity index (χ0n) is 17.8. The third kappa shape index (κ3) is 4.83. The Morgan fingerprint density at radius 2 is 1.72 bits per heavy atom. The first kappa shape index (κ1) is 22.4. The van der Waals surface area contributed by atoms with Crippen molar-refractivity contribution in [2.75, 3.05) is 18.4 Å². The van der Waals surface area contributed by atoms with Gasteiger partial charge in [0.25, 0.3) is 5.91 Å². The summed E-state index contributed by atoms with van der Waals surface area (Å²) in [6.45, 7) is 2.50. The van der Waals surface area contributed by atoms with Crippen molar-refractivity contribution in [2.24, 2.45) is 5.92 Å². The number of carbonyl (C=O) groups excluding carboxylic acids is 2. The molecule has 0 bridgehead atoms. The van der Waals surface area contributed by atoms with Crippen LogP contribution in [0.5, 0.6) is 0 Å². The molecule has 7 nitrogen and oxygen atoms in total. The fraction of sp³-hybridized carbons (Fsp3) is 0.391. The molecule has 1 aliphatic carbocycles. The van der Waals surface area contributed by atoms with Gasteiger partial charge < -0.3 is 10.6 Å². The van der Waals surface area contributed by atoms with Gasteiger partial charge in [0.05, 0.1) is 6.04 Å². The molecule has 1 saturated carbocycles. The molecule has 2 aromatic rings. The van der Waals surface area contributed by atoms with Gasteiger partial charge >= 0.3 is 0 Å². The van der Waals surface area contributed by atoms with Gasteiger partial charge in [0.2, 0.25) is 15.9 Å². The number of rotatable bonds is 7. The van der Waals surface area contributed by atoms with Crippen LogP contribution in [0.25, 0.3) is 0 Å². The van der Waals surface area contributed by atoms with Crippen molar-refractivity contribution in [3.05, 3.63) is 59.4 Å². The third-order valence-electron chi connectivity index (χ3n) is 5.85. The van der Waals surface area contributed by atoms with E-state index in [2.05, 4.69) is 10.6 Å². The number of benzene rings is 2. The van der Waals surface area contributed by atoms with E-state index < -0.39 is 26.6 Å². The van der Waals surface area contributed by atoms with Gasteiger partial charge in [0.1, 0.15) is 10.7 Å². The summed E-state index contributed by atoms with van der Waals surface area (Å²) in [5.74, 6) is -1.23. The first-order valence-corrected chi connectivity index (χ1v) is 12.2. The minimum absolute atomic E-state index is 0.0232. The second kappa shape index (κ2) is 8.99. The molecule has 1 aliphatic heterocycles. The van der Waals surface area contributed by atoms with E-state index in [9.17, 15) is 22.4 Å². The molecule has 9 heteroatoms. The second-order valence-corrected chi connectivity index (χ2v) is 10.2. The lowest BCUT2D eigenvalue weighted by molar-refractivity contribution is -0.117. The molecule has 2 aromatic carbocycles. The van der Waals surface area contributed by atoms with Crippen molar-refractivity contribution in [1.82, 2.24) is 9.62 Å². The molecule has 2 amide bonds. The summed E-state index contributed by atoms with van der Waals surface area (Å²) in [6, 6.07) is 10.2. The normalized spacial score (nSPS) is 17.7. The summed E-state index contributed by atoms with van der Waals surface area (Å²) < 4.78 is 41.1. The largest absolute Gasteiger partial charge is 0.346 e. The lowest BCUT2D eigenvalue weighted by Gasteiger charge is -2.18. The number of carbonyl (C=O) groups is 2. The fourth-order valence-electron chi connectivity index (χ4n) is 3.72. The van der Waals surface area contributed by atoms with Gasteiger partial charge in [0.15, 0.2) is 0 Å². The average molecular weight is 460 g/mol. The quantitative estimate of drug-likeness (QED) is 0.663. The van der Waals surface area contributed by atoms with Crippen LogP contribution >= 0.6 is 0 Å². The van der Waals surface area contributed by atoms with Crippen LogP contribution in [0.2, 0.25) is 0 Å². The van der Waals surface area contributed by atoms with Gasteiger partial charge in [-0.2, -0.15) is 4.31 Å². The van der Waals surface area contributed by atoms with Crippen LogP contribution in [0.15, 0.2) is 47.4 Å². The Morgan fingerprint density at radius 1 is 1.06 bits per heavy atom. The van der Waals surface area contributed by atoms with Gasteiger partial charge in [-0.15, -0.1) is 0 Å². The number of nitrogens with zero attached hydrogens (tertiary/aromatic N) is 1. The van der Waals surface area contributed by atoms with Gasteiger partial charge in [-0.05, 0) is 68.5 Å². The lowest BCUT2D eigenvalue weighted by Crippen LogP contribution is -2.30. The Kier molecular flexibility index (Phi) is 6.30. The number of anilines is 1. The Morgan fingerprint density at radius 3 is 2.34 bits per heavy atom. The molecule has 1 heterocycles. The molecule has 2 fully saturated rings. The summed E-state index contributed by atoms with van der Waals surface area (Å²) in [5.41, 5.74) is 1.58. The predicted molar refractivity (Wildman–Crippen MR) is 118 cm³/mol. The third-order valence-corrected chi connectivity index (χ3v) is 7.76. The molecule has 2 N–H and O–H groups in total. The van der Waals surface area contributed by atoms with Crippen LogP contribution in [0.1, 0.15) is 54.6 Å². The van der Waals surface area contributed by atoms with Gasteiger partial charge in [-0.25, -0.2) is 12.8 Å². The monoisotopic (exact) mass is 459 g/mol. The van der Waals surface area contributed by atoms with E-state index in [0.717, 1.165) is 43.4 Å². The number of halogens is 1. The minimum Gasteiger partial charge on any atom is -0.346 e. The summed E-state index contributed by atoms with van der Waals surface area (Å²) in [4.78, 5) is 24.1. The van der Waals surface area contributed by atoms with Gasteiger partial charge in [-0.1, -0.05) is 12.1 Å². The summed E-state index contributed by atoms with van der Waals surface area (Å²) in [6.07, 6.45) is 3.33. The number of nitrogens with one attached hydrogen (secondary N) is 2. The minimum atomic E-state index is -3.98. The van der Waals surface area contributed by atoms with Gasteiger partial charge in [0, 0.05) is 30.3 Å². The highest BCUT2D eigenvalue weighted by atomic mass is 32.2. The Hall–Kier alpha value is -2.78. The molecular formula is C23H26FN3O4S. The molecule has 1 saturated heterocycles. The molecule has 2 aliphatic rings. The van der Waals surface area contributed by atoms with Crippen LogP contribution in [0.4, 0.5) is 10.1 Å². The van der Waals surface area contributed by atoms with E-state index >= 15 is 0 Å². The average Bonchev–Trinajstić information content (AvgIpc) is 3.47. The van der Waals surface area contributed by atoms with Crippen molar-refractivity contribution in [2.45, 2.75) is 43.5 Å². The number of sulfonamides is 1. The first-order chi connectivity index (χ1) is 15.3. The highest BCUT2D eigenvalue weighted by Gasteiger charge is 2.31. The van der Waals surface area contributed by atoms with E-state index in [1.807, 2.05) is 0 Å². The smallest absolute Gasteiger partial charge is 0.251 e. The van der Waals surface area contributed by atoms with Crippen molar-refractivity contribution in [3.63, 3.8) is 0 Å². The maximum absolute atomic E-state index is 14.3. The van der Waals surface area contributed by atoms with Crippen LogP contribution in [-0.2, 0) is 14.8 Å². The van der Waals surface area contributed by atoms with Crippen molar-refractivity contribution in [1.29, 1.82) is 0 Å². The van der Waals surface area contributed by atoms with E-state index in [1.54, 1.807) is 31.2 Å². The first-order valence-electron chi connectivity index (χ1n) is 10.8. The molecule has 1 unspecified atom stereocenters. The lowest BCUT2D eigenvalue weighted by atomic mass is 10.1. The Bertz CT molecular complexity index is 1120. The van der Waals surface area contributed by atoms with E-state index in [1.165, 1.54) is 10.4 Å². The number of hydrogen-bond acceptors (Lipinski definition) is 4. The molecule has 0 spiro atoms. The molecule has 4 rings (SSSR count). The number of amides is 2. The zero-order chi connectivity index (χ0) is 22.9. The van der Waals surface area contributed by atoms with Gasteiger partial charge in [-0.3, -0.25) is 9.59 Å². The van der Waals surface area contributed by atoms with E-state index in [4.69, 9.17) is 0 Å². The van der Waals surface area contributed by atoms with E-state index in [0.29, 0.717) is 18.8 Å². The van der Waals surface area contributed by atoms with Crippen molar-refractivity contribution in [3.8, 4) is 0 Å². The maximum Gasteiger partial charge on any atom is 0.251 e. The molecule has 0 radical (unpaired) electrons. The Labute approximate surface area is 187 Å². The SMILES string of the molecule is CC(NC(=O)c1ccc(F)c(S(=O)(=O)N2CCCC2)c1)c1ccc(NC(=O)C2CC2)cc1. The van der Waals surface area contributed by atoms with Crippen LogP contribution < -0.4 is 10.6 Å². The highest BCUT2D eigenvalue weighted by Crippen LogP contribution is 2.30.